The van der Waals surface area contributed by atoms with Crippen LogP contribution in [0.1, 0.15) is 22.8 Å². The van der Waals surface area contributed by atoms with Crippen molar-refractivity contribution in [3.63, 3.8) is 0 Å². The van der Waals surface area contributed by atoms with Crippen molar-refractivity contribution in [3.05, 3.63) is 59.7 Å². The zero-order valence-electron chi connectivity index (χ0n) is 13.9. The van der Waals surface area contributed by atoms with E-state index in [0.29, 0.717) is 16.7 Å². The number of hydrogen-bond donors (Lipinski definition) is 2. The van der Waals surface area contributed by atoms with Crippen LogP contribution in [0.3, 0.4) is 0 Å². The number of rotatable bonds is 6. The van der Waals surface area contributed by atoms with Gasteiger partial charge in [0, 0.05) is 23.9 Å². The van der Waals surface area contributed by atoms with Crippen molar-refractivity contribution < 1.29 is 14.7 Å². The van der Waals surface area contributed by atoms with Crippen LogP contribution < -0.4 is 10.4 Å². The predicted octanol–water partition coefficient (Wildman–Crippen LogP) is 2.09. The van der Waals surface area contributed by atoms with Gasteiger partial charge < -0.3 is 15.2 Å². The zero-order chi connectivity index (χ0) is 18.5. The Morgan fingerprint density at radius 1 is 1.12 bits per heavy atom. The monoisotopic (exact) mass is 367 g/mol. The maximum atomic E-state index is 11.0. The molecule has 0 aliphatic heterocycles. The maximum absolute atomic E-state index is 11.0. The number of nitrogens with zero attached hydrogens (tertiary/aromatic N) is 2. The standard InChI is InChI=1S/C18H16N4O3S/c1-11(23)19-15-8-6-13(7-9-15)16-20-18(22-21-16)26-10-12-2-4-14(5-3-12)17(24)25/h2-9H,10H2,1H3,(H,19,23)(H,24,25)(H,20,21,22)/p-1. The van der Waals surface area contributed by atoms with Gasteiger partial charge in [-0.3, -0.25) is 9.89 Å². The Kier molecular flexibility index (Phi) is 5.33. The van der Waals surface area contributed by atoms with Crippen LogP contribution in [-0.4, -0.2) is 27.1 Å². The second kappa shape index (κ2) is 7.83. The van der Waals surface area contributed by atoms with E-state index in [0.717, 1.165) is 16.8 Å². The van der Waals surface area contributed by atoms with Gasteiger partial charge in [0.25, 0.3) is 0 Å². The van der Waals surface area contributed by atoms with Gasteiger partial charge in [-0.2, -0.15) is 0 Å². The Bertz CT molecular complexity index is 920. The zero-order valence-corrected chi connectivity index (χ0v) is 14.7. The van der Waals surface area contributed by atoms with E-state index >= 15 is 0 Å². The minimum Gasteiger partial charge on any atom is -0.545 e. The van der Waals surface area contributed by atoms with Crippen molar-refractivity contribution in [1.29, 1.82) is 0 Å². The van der Waals surface area contributed by atoms with Gasteiger partial charge in [-0.1, -0.05) is 36.0 Å². The molecule has 0 saturated carbocycles. The maximum Gasteiger partial charge on any atom is 0.221 e. The van der Waals surface area contributed by atoms with Crippen LogP contribution >= 0.6 is 11.8 Å². The Hall–Kier alpha value is -3.13. The molecule has 0 bridgehead atoms. The molecule has 8 heteroatoms. The number of hydrogen-bond acceptors (Lipinski definition) is 6. The Labute approximate surface area is 153 Å². The minimum absolute atomic E-state index is 0.122. The first kappa shape index (κ1) is 17.7. The number of H-pyrrole nitrogens is 1. The number of carboxylic acids is 1. The molecule has 0 fully saturated rings. The summed E-state index contributed by atoms with van der Waals surface area (Å²) in [4.78, 5) is 26.2. The van der Waals surface area contributed by atoms with Crippen molar-refractivity contribution in [3.8, 4) is 11.4 Å². The molecule has 2 N–H and O–H groups in total. The molecule has 0 spiro atoms. The molecule has 0 atom stereocenters. The third kappa shape index (κ3) is 4.48. The quantitative estimate of drug-likeness (QED) is 0.646. The first-order valence-electron chi connectivity index (χ1n) is 7.75. The lowest BCUT2D eigenvalue weighted by atomic mass is 10.1. The second-order valence-electron chi connectivity index (χ2n) is 5.50. The first-order valence-corrected chi connectivity index (χ1v) is 8.73. The lowest BCUT2D eigenvalue weighted by molar-refractivity contribution is -0.255. The fourth-order valence-corrected chi connectivity index (χ4v) is 2.99. The molecule has 1 aromatic heterocycles. The van der Waals surface area contributed by atoms with Gasteiger partial charge in [-0.15, -0.1) is 5.10 Å². The number of aromatic carboxylic acids is 1. The van der Waals surface area contributed by atoms with Crippen molar-refractivity contribution in [2.24, 2.45) is 0 Å². The number of carbonyl (C=O) groups is 2. The topological polar surface area (TPSA) is 111 Å². The number of aromatic nitrogens is 3. The molecule has 0 radical (unpaired) electrons. The lowest BCUT2D eigenvalue weighted by Gasteiger charge is -2.03. The fraction of sp³-hybridized carbons (Fsp3) is 0.111. The van der Waals surface area contributed by atoms with Crippen LogP contribution in [0.15, 0.2) is 53.7 Å². The third-order valence-electron chi connectivity index (χ3n) is 3.50. The molecule has 1 amide bonds. The number of nitrogens with one attached hydrogen (secondary N) is 2. The summed E-state index contributed by atoms with van der Waals surface area (Å²) in [6.45, 7) is 1.46. The van der Waals surface area contributed by atoms with E-state index in [2.05, 4.69) is 20.5 Å². The number of amides is 1. The molecular formula is C18H15N4O3S-. The van der Waals surface area contributed by atoms with Crippen LogP contribution in [0.25, 0.3) is 11.4 Å². The largest absolute Gasteiger partial charge is 0.545 e. The molecule has 7 nitrogen and oxygen atoms in total. The molecule has 0 unspecified atom stereocenters. The van der Waals surface area contributed by atoms with Crippen molar-refractivity contribution in [1.82, 2.24) is 15.2 Å². The summed E-state index contributed by atoms with van der Waals surface area (Å²) >= 11 is 1.44. The van der Waals surface area contributed by atoms with Crippen LogP contribution in [0.4, 0.5) is 5.69 Å². The molecule has 26 heavy (non-hydrogen) atoms. The van der Waals surface area contributed by atoms with Crippen molar-refractivity contribution in [2.45, 2.75) is 17.8 Å². The van der Waals surface area contributed by atoms with Gasteiger partial charge in [0.15, 0.2) is 5.82 Å². The minimum atomic E-state index is -1.19. The molecule has 3 aromatic rings. The highest BCUT2D eigenvalue weighted by atomic mass is 32.2. The van der Waals surface area contributed by atoms with Crippen LogP contribution in [0.2, 0.25) is 0 Å². The highest BCUT2D eigenvalue weighted by Crippen LogP contribution is 2.23. The Morgan fingerprint density at radius 2 is 1.81 bits per heavy atom. The average Bonchev–Trinajstić information content (AvgIpc) is 3.09. The predicted molar refractivity (Wildman–Crippen MR) is 96.5 cm³/mol. The average molecular weight is 367 g/mol. The summed E-state index contributed by atoms with van der Waals surface area (Å²) in [5, 5.41) is 21.1. The number of thioether (sulfide) groups is 1. The molecule has 0 saturated heterocycles. The Morgan fingerprint density at radius 3 is 2.42 bits per heavy atom. The van der Waals surface area contributed by atoms with Crippen LogP contribution in [-0.2, 0) is 10.5 Å². The summed E-state index contributed by atoms with van der Waals surface area (Å²) < 4.78 is 0. The molecule has 132 valence electrons. The van der Waals surface area contributed by atoms with Gasteiger partial charge in [-0.25, -0.2) is 4.98 Å². The molecule has 0 aliphatic rings. The molecule has 1 heterocycles. The summed E-state index contributed by atoms with van der Waals surface area (Å²) in [5.41, 5.74) is 2.69. The van der Waals surface area contributed by atoms with Gasteiger partial charge in [0.05, 0.1) is 5.97 Å². The van der Waals surface area contributed by atoms with E-state index in [9.17, 15) is 14.7 Å². The molecule has 3 rings (SSSR count). The SMILES string of the molecule is CC(=O)Nc1ccc(-c2nc(SCc3ccc(C(=O)[O-])cc3)n[nH]2)cc1. The van der Waals surface area contributed by atoms with Crippen LogP contribution in [0, 0.1) is 0 Å². The number of anilines is 1. The molecular weight excluding hydrogens is 352 g/mol. The first-order chi connectivity index (χ1) is 12.5. The van der Waals surface area contributed by atoms with Gasteiger partial charge in [-0.05, 0) is 35.4 Å². The second-order valence-corrected chi connectivity index (χ2v) is 6.44. The van der Waals surface area contributed by atoms with E-state index in [4.69, 9.17) is 0 Å². The summed E-state index contributed by atoms with van der Waals surface area (Å²) in [7, 11) is 0. The summed E-state index contributed by atoms with van der Waals surface area (Å²) in [6.07, 6.45) is 0. The number of carboxylic acid groups (broad SMARTS) is 1. The van der Waals surface area contributed by atoms with Crippen molar-refractivity contribution >= 4 is 29.3 Å². The fourth-order valence-electron chi connectivity index (χ4n) is 2.24. The van der Waals surface area contributed by atoms with E-state index in [1.807, 2.05) is 12.1 Å². The highest BCUT2D eigenvalue weighted by Gasteiger charge is 2.07. The smallest absolute Gasteiger partial charge is 0.221 e. The number of benzene rings is 2. The number of aromatic amines is 1. The summed E-state index contributed by atoms with van der Waals surface area (Å²) in [6, 6.07) is 13.8. The van der Waals surface area contributed by atoms with E-state index in [1.54, 1.807) is 24.3 Å². The number of carbonyl (C=O) groups excluding carboxylic acids is 2. The highest BCUT2D eigenvalue weighted by molar-refractivity contribution is 7.98. The normalized spacial score (nSPS) is 10.5. The van der Waals surface area contributed by atoms with E-state index < -0.39 is 5.97 Å². The van der Waals surface area contributed by atoms with E-state index in [1.165, 1.54) is 30.8 Å². The molecule has 2 aromatic carbocycles. The van der Waals surface area contributed by atoms with Crippen molar-refractivity contribution in [2.75, 3.05) is 5.32 Å². The van der Waals surface area contributed by atoms with Gasteiger partial charge in [0.2, 0.25) is 11.1 Å². The van der Waals surface area contributed by atoms with E-state index in [-0.39, 0.29) is 11.5 Å². The molecule has 0 aliphatic carbocycles. The summed E-state index contributed by atoms with van der Waals surface area (Å²) in [5.74, 6) is -0.0585. The van der Waals surface area contributed by atoms with Crippen LogP contribution in [0.5, 0.6) is 0 Å². The van der Waals surface area contributed by atoms with Gasteiger partial charge in [0.1, 0.15) is 0 Å². The van der Waals surface area contributed by atoms with Gasteiger partial charge >= 0.3 is 0 Å². The Balaban J connectivity index is 1.62. The lowest BCUT2D eigenvalue weighted by Crippen LogP contribution is -2.21. The third-order valence-corrected chi connectivity index (χ3v) is 4.42.